The van der Waals surface area contributed by atoms with Gasteiger partial charge in [-0.15, -0.1) is 0 Å². The molecule has 0 heterocycles. The number of methoxy groups -OCH3 is 1. The van der Waals surface area contributed by atoms with Crippen molar-refractivity contribution < 1.29 is 17.9 Å². The summed E-state index contributed by atoms with van der Waals surface area (Å²) in [5, 5.41) is 0.533. The molecule has 1 fully saturated rings. The van der Waals surface area contributed by atoms with Crippen LogP contribution in [0.25, 0.3) is 0 Å². The van der Waals surface area contributed by atoms with Gasteiger partial charge in [0.15, 0.2) is 0 Å². The Morgan fingerprint density at radius 2 is 2.19 bits per heavy atom. The van der Waals surface area contributed by atoms with E-state index in [1.54, 1.807) is 0 Å². The topological polar surface area (TPSA) is 75.7 Å². The van der Waals surface area contributed by atoms with Crippen molar-refractivity contribution in [3.63, 3.8) is 0 Å². The monoisotopic (exact) mass is 314 g/mol. The van der Waals surface area contributed by atoms with Crippen LogP contribution >= 0.6 is 15.9 Å². The summed E-state index contributed by atoms with van der Waals surface area (Å²) in [5.74, 6) is 0. The van der Waals surface area contributed by atoms with Gasteiger partial charge < -0.3 is 4.74 Å². The molecule has 0 atom stereocenters. The summed E-state index contributed by atoms with van der Waals surface area (Å²) in [4.78, 5) is 10.9. The predicted octanol–water partition coefficient (Wildman–Crippen LogP) is 0.837. The van der Waals surface area contributed by atoms with Gasteiger partial charge in [0, 0.05) is 17.9 Å². The molecule has 0 spiro atoms. The van der Waals surface area contributed by atoms with E-state index >= 15 is 0 Å². The smallest absolute Gasteiger partial charge is 0.421 e. The Balaban J connectivity index is 2.71. The summed E-state index contributed by atoms with van der Waals surface area (Å²) in [6, 6.07) is -0.000272. The number of hydrogen-bond donors (Lipinski definition) is 1. The molecule has 94 valence electrons. The maximum atomic E-state index is 11.8. The molecule has 8 heteroatoms. The van der Waals surface area contributed by atoms with Crippen LogP contribution < -0.4 is 4.72 Å². The van der Waals surface area contributed by atoms with Gasteiger partial charge in [-0.25, -0.2) is 9.52 Å². The highest BCUT2D eigenvalue weighted by Gasteiger charge is 2.34. The first-order valence-electron chi connectivity index (χ1n) is 4.94. The number of nitrogens with zero attached hydrogens (tertiary/aromatic N) is 1. The fourth-order valence-electron chi connectivity index (χ4n) is 1.46. The first kappa shape index (κ1) is 13.7. The number of hydrogen-bond acceptors (Lipinski definition) is 4. The molecule has 0 radical (unpaired) electrons. The van der Waals surface area contributed by atoms with Crippen molar-refractivity contribution in [3.8, 4) is 0 Å². The third-order valence-corrected chi connectivity index (χ3v) is 4.37. The second-order valence-corrected chi connectivity index (χ2v) is 5.90. The Hall–Kier alpha value is -0.340. The number of ether oxygens (including phenoxy) is 1. The van der Waals surface area contributed by atoms with Gasteiger partial charge in [-0.3, -0.25) is 0 Å². The van der Waals surface area contributed by atoms with Gasteiger partial charge >= 0.3 is 16.3 Å². The minimum atomic E-state index is -3.78. The molecule has 0 aromatic rings. The van der Waals surface area contributed by atoms with E-state index in [4.69, 9.17) is 0 Å². The number of halogens is 1. The Kier molecular flexibility index (Phi) is 5.00. The molecular weight excluding hydrogens is 300 g/mol. The molecule has 1 amide bonds. The van der Waals surface area contributed by atoms with Crippen LogP contribution in [0.5, 0.6) is 0 Å². The summed E-state index contributed by atoms with van der Waals surface area (Å²) in [5.41, 5.74) is 0. The molecule has 0 aromatic heterocycles. The van der Waals surface area contributed by atoms with Crippen LogP contribution in [0.3, 0.4) is 0 Å². The van der Waals surface area contributed by atoms with E-state index in [0.29, 0.717) is 11.9 Å². The third kappa shape index (κ3) is 3.33. The van der Waals surface area contributed by atoms with Crippen molar-refractivity contribution in [2.24, 2.45) is 0 Å². The molecule has 16 heavy (non-hydrogen) atoms. The Morgan fingerprint density at radius 1 is 1.56 bits per heavy atom. The number of amides is 1. The average molecular weight is 315 g/mol. The van der Waals surface area contributed by atoms with E-state index in [0.717, 1.165) is 26.4 Å². The van der Waals surface area contributed by atoms with Crippen LogP contribution in [-0.4, -0.2) is 43.8 Å². The Bertz CT molecular complexity index is 342. The van der Waals surface area contributed by atoms with E-state index in [9.17, 15) is 13.2 Å². The highest BCUT2D eigenvalue weighted by molar-refractivity contribution is 9.09. The number of rotatable bonds is 5. The van der Waals surface area contributed by atoms with Crippen LogP contribution in [0.2, 0.25) is 0 Å². The molecule has 1 aliphatic carbocycles. The average Bonchev–Trinajstić information content (AvgIpc) is 2.13. The van der Waals surface area contributed by atoms with Crippen molar-refractivity contribution >= 4 is 32.2 Å². The molecule has 1 saturated carbocycles. The fourth-order valence-corrected chi connectivity index (χ4v) is 3.43. The molecule has 6 nitrogen and oxygen atoms in total. The SMILES string of the molecule is COC(=O)NS(=O)(=O)N(CCBr)C1CCC1. The standard InChI is InChI=1S/C8H15BrN2O4S/c1-15-8(12)10-16(13,14)11(6-5-9)7-3-2-4-7/h7H,2-6H2,1H3,(H,10,12). The second-order valence-electron chi connectivity index (χ2n) is 3.48. The van der Waals surface area contributed by atoms with Crippen LogP contribution in [0.15, 0.2) is 0 Å². The molecule has 0 aliphatic heterocycles. The van der Waals surface area contributed by atoms with Gasteiger partial charge in [0.2, 0.25) is 0 Å². The van der Waals surface area contributed by atoms with Crippen molar-refractivity contribution in [3.05, 3.63) is 0 Å². The molecule has 1 rings (SSSR count). The largest absolute Gasteiger partial charge is 0.452 e. The quantitative estimate of drug-likeness (QED) is 0.763. The Morgan fingerprint density at radius 3 is 2.56 bits per heavy atom. The first-order valence-corrected chi connectivity index (χ1v) is 7.51. The van der Waals surface area contributed by atoms with Crippen molar-refractivity contribution in [2.45, 2.75) is 25.3 Å². The van der Waals surface area contributed by atoms with Crippen LogP contribution in [0, 0.1) is 0 Å². The lowest BCUT2D eigenvalue weighted by Gasteiger charge is -2.35. The van der Waals surface area contributed by atoms with Gasteiger partial charge in [0.05, 0.1) is 7.11 Å². The van der Waals surface area contributed by atoms with Gasteiger partial charge in [0.25, 0.3) is 0 Å². The number of carbonyl (C=O) groups is 1. The maximum Gasteiger partial charge on any atom is 0.421 e. The molecule has 0 aromatic carbocycles. The zero-order valence-corrected chi connectivity index (χ0v) is 11.4. The summed E-state index contributed by atoms with van der Waals surface area (Å²) in [6.07, 6.45) is 1.75. The third-order valence-electron chi connectivity index (χ3n) is 2.49. The number of nitrogens with one attached hydrogen (secondary N) is 1. The lowest BCUT2D eigenvalue weighted by Crippen LogP contribution is -2.51. The van der Waals surface area contributed by atoms with Gasteiger partial charge in [-0.2, -0.15) is 12.7 Å². The predicted molar refractivity (Wildman–Crippen MR) is 62.6 cm³/mol. The zero-order chi connectivity index (χ0) is 12.2. The molecule has 1 aliphatic rings. The lowest BCUT2D eigenvalue weighted by atomic mass is 9.93. The van der Waals surface area contributed by atoms with Crippen LogP contribution in [0.1, 0.15) is 19.3 Å². The first-order chi connectivity index (χ1) is 7.51. The summed E-state index contributed by atoms with van der Waals surface area (Å²) >= 11 is 3.20. The molecule has 0 unspecified atom stereocenters. The maximum absolute atomic E-state index is 11.8. The second kappa shape index (κ2) is 5.83. The van der Waals surface area contributed by atoms with Gasteiger partial charge in [0.1, 0.15) is 0 Å². The van der Waals surface area contributed by atoms with Crippen LogP contribution in [-0.2, 0) is 14.9 Å². The molecule has 0 bridgehead atoms. The number of carbonyl (C=O) groups excluding carboxylic acids is 1. The van der Waals surface area contributed by atoms with E-state index in [1.165, 1.54) is 4.31 Å². The molecule has 0 saturated heterocycles. The Labute approximate surface area is 104 Å². The zero-order valence-electron chi connectivity index (χ0n) is 8.98. The van der Waals surface area contributed by atoms with Crippen molar-refractivity contribution in [1.82, 2.24) is 9.03 Å². The minimum Gasteiger partial charge on any atom is -0.452 e. The van der Waals surface area contributed by atoms with E-state index in [-0.39, 0.29) is 6.04 Å². The fraction of sp³-hybridized carbons (Fsp3) is 0.875. The van der Waals surface area contributed by atoms with Crippen LogP contribution in [0.4, 0.5) is 4.79 Å². The van der Waals surface area contributed by atoms with Gasteiger partial charge in [-0.05, 0) is 12.8 Å². The molecule has 1 N–H and O–H groups in total. The number of alkyl halides is 1. The lowest BCUT2D eigenvalue weighted by molar-refractivity contribution is 0.175. The molecular formula is C8H15BrN2O4S. The summed E-state index contributed by atoms with van der Waals surface area (Å²) in [7, 11) is -2.65. The normalized spacial score (nSPS) is 16.9. The minimum absolute atomic E-state index is 0.000272. The summed E-state index contributed by atoms with van der Waals surface area (Å²) < 4.78 is 31.1. The highest BCUT2D eigenvalue weighted by Crippen LogP contribution is 2.26. The summed E-state index contributed by atoms with van der Waals surface area (Å²) in [6.45, 7) is 0.344. The van der Waals surface area contributed by atoms with Crippen molar-refractivity contribution in [1.29, 1.82) is 0 Å². The van der Waals surface area contributed by atoms with E-state index < -0.39 is 16.3 Å². The van der Waals surface area contributed by atoms with Gasteiger partial charge in [-0.1, -0.05) is 22.4 Å². The van der Waals surface area contributed by atoms with E-state index in [1.807, 2.05) is 4.72 Å². The van der Waals surface area contributed by atoms with E-state index in [2.05, 4.69) is 20.7 Å². The highest BCUT2D eigenvalue weighted by atomic mass is 79.9. The van der Waals surface area contributed by atoms with Crippen molar-refractivity contribution in [2.75, 3.05) is 19.0 Å².